The molecule has 0 unspecified atom stereocenters. The highest BCUT2D eigenvalue weighted by atomic mass is 19.1. The van der Waals surface area contributed by atoms with Crippen molar-refractivity contribution in [3.63, 3.8) is 0 Å². The van der Waals surface area contributed by atoms with Crippen LogP contribution in [0.25, 0.3) is 0 Å². The van der Waals surface area contributed by atoms with E-state index in [1.54, 1.807) is 60.7 Å². The number of nitro benzene ring substituents is 1. The van der Waals surface area contributed by atoms with Gasteiger partial charge in [-0.25, -0.2) is 17.6 Å². The fourth-order valence-corrected chi connectivity index (χ4v) is 8.17. The molecule has 10 nitrogen and oxygen atoms in total. The van der Waals surface area contributed by atoms with Gasteiger partial charge in [-0.05, 0) is 95.1 Å². The van der Waals surface area contributed by atoms with Gasteiger partial charge in [0.05, 0.1) is 39.5 Å². The molecule has 8 rings (SSSR count). The van der Waals surface area contributed by atoms with E-state index in [-0.39, 0.29) is 46.6 Å². The Labute approximate surface area is 357 Å². The predicted octanol–water partition coefficient (Wildman–Crippen LogP) is 8.99. The summed E-state index contributed by atoms with van der Waals surface area (Å²) < 4.78 is 54.0. The zero-order chi connectivity index (χ0) is 43.8. The number of nitrogens with two attached hydrogens (primary N) is 1. The van der Waals surface area contributed by atoms with Gasteiger partial charge >= 0.3 is 0 Å². The van der Waals surface area contributed by atoms with Gasteiger partial charge in [0.25, 0.3) is 5.69 Å². The highest BCUT2D eigenvalue weighted by Gasteiger charge is 2.29. The zero-order valence-electron chi connectivity index (χ0n) is 33.5. The number of hydrogen-bond donors (Lipinski definition) is 1. The number of nitrogens with zero attached hydrogens (tertiary/aromatic N) is 7. The monoisotopic (exact) mass is 838 g/mol. The maximum Gasteiger partial charge on any atom is 0.270 e. The first-order valence-corrected chi connectivity index (χ1v) is 20.0. The number of piperazine rings is 2. The van der Waals surface area contributed by atoms with Crippen LogP contribution in [0.15, 0.2) is 133 Å². The van der Waals surface area contributed by atoms with E-state index in [1.165, 1.54) is 60.7 Å². The molecule has 2 heterocycles. The minimum absolute atomic E-state index is 0.102. The second kappa shape index (κ2) is 19.4. The second-order valence-corrected chi connectivity index (χ2v) is 15.0. The van der Waals surface area contributed by atoms with Crippen LogP contribution in [0.5, 0.6) is 0 Å². The Morgan fingerprint density at radius 3 is 1.15 bits per heavy atom. The number of rotatable bonds is 9. The summed E-state index contributed by atoms with van der Waals surface area (Å²) in [7, 11) is 0. The first-order valence-electron chi connectivity index (χ1n) is 20.0. The zero-order valence-corrected chi connectivity index (χ0v) is 33.5. The highest BCUT2D eigenvalue weighted by Crippen LogP contribution is 2.34. The summed E-state index contributed by atoms with van der Waals surface area (Å²) in [5.41, 5.74) is 12.4. The molecular weight excluding hydrogens is 797 g/mol. The van der Waals surface area contributed by atoms with E-state index in [0.29, 0.717) is 43.1 Å². The highest BCUT2D eigenvalue weighted by molar-refractivity contribution is 5.65. The molecule has 0 radical (unpaired) electrons. The van der Waals surface area contributed by atoms with Crippen molar-refractivity contribution < 1.29 is 22.5 Å². The molecule has 0 aliphatic carbocycles. The lowest BCUT2D eigenvalue weighted by molar-refractivity contribution is -0.384. The summed E-state index contributed by atoms with van der Waals surface area (Å²) in [5.74, 6) is -1.21. The van der Waals surface area contributed by atoms with E-state index >= 15 is 0 Å². The third-order valence-corrected chi connectivity index (χ3v) is 11.2. The van der Waals surface area contributed by atoms with Gasteiger partial charge in [0.2, 0.25) is 0 Å². The van der Waals surface area contributed by atoms with Gasteiger partial charge in [-0.3, -0.25) is 19.9 Å². The molecule has 0 saturated carbocycles. The van der Waals surface area contributed by atoms with Crippen LogP contribution in [0.3, 0.4) is 0 Å². The Morgan fingerprint density at radius 2 is 0.823 bits per heavy atom. The molecular formula is C48H42F4N8O2. The topological polar surface area (TPSA) is 130 Å². The molecule has 0 aromatic heterocycles. The van der Waals surface area contributed by atoms with E-state index in [0.717, 1.165) is 54.1 Å². The minimum Gasteiger partial charge on any atom is -0.399 e. The largest absolute Gasteiger partial charge is 0.399 e. The van der Waals surface area contributed by atoms with Crippen LogP contribution in [0.1, 0.15) is 45.5 Å². The normalized spacial score (nSPS) is 14.5. The van der Waals surface area contributed by atoms with E-state index in [2.05, 4.69) is 26.8 Å². The number of benzene rings is 6. The van der Waals surface area contributed by atoms with Crippen LogP contribution in [0.4, 0.5) is 40.3 Å². The van der Waals surface area contributed by atoms with Crippen LogP contribution in [-0.2, 0) is 0 Å². The predicted molar refractivity (Wildman–Crippen MR) is 230 cm³/mol. The first kappa shape index (κ1) is 42.8. The van der Waals surface area contributed by atoms with Gasteiger partial charge in [-0.1, -0.05) is 48.5 Å². The lowest BCUT2D eigenvalue weighted by atomic mass is 9.96. The third kappa shape index (κ3) is 10.0. The number of nitrogen functional groups attached to an aromatic ring is 1. The molecule has 0 bridgehead atoms. The minimum atomic E-state index is -0.515. The SMILES string of the molecule is N#Cc1cc(N)ccc1N1CCN(C(c2ccc(F)cc2)c2ccc(F)cc2)CC1.N#Cc1cc([N+](=O)[O-])ccc1N1CCN(C(c2ccc(F)cc2)c2ccc(F)cc2)CC1. The molecule has 2 N–H and O–H groups in total. The van der Waals surface area contributed by atoms with Crippen molar-refractivity contribution in [3.05, 3.63) is 200 Å². The first-order chi connectivity index (χ1) is 30.0. The second-order valence-electron chi connectivity index (χ2n) is 15.0. The number of anilines is 3. The van der Waals surface area contributed by atoms with E-state index < -0.39 is 4.92 Å². The van der Waals surface area contributed by atoms with Gasteiger partial charge in [0.15, 0.2) is 0 Å². The van der Waals surface area contributed by atoms with Crippen molar-refractivity contribution in [1.82, 2.24) is 9.80 Å². The fourth-order valence-electron chi connectivity index (χ4n) is 8.17. The fraction of sp³-hybridized carbons (Fsp3) is 0.208. The van der Waals surface area contributed by atoms with Crippen molar-refractivity contribution in [2.45, 2.75) is 12.1 Å². The molecule has 6 aromatic rings. The molecule has 0 spiro atoms. The number of halogens is 4. The quantitative estimate of drug-likeness (QED) is 0.0657. The van der Waals surface area contributed by atoms with Crippen molar-refractivity contribution >= 4 is 22.7 Å². The molecule has 6 aromatic carbocycles. The van der Waals surface area contributed by atoms with Crippen LogP contribution < -0.4 is 15.5 Å². The summed E-state index contributed by atoms with van der Waals surface area (Å²) in [6.07, 6.45) is 0. The van der Waals surface area contributed by atoms with Crippen LogP contribution in [-0.4, -0.2) is 67.1 Å². The number of nitriles is 2. The van der Waals surface area contributed by atoms with Crippen molar-refractivity contribution in [2.75, 3.05) is 67.9 Å². The summed E-state index contributed by atoms with van der Waals surface area (Å²) in [5, 5.41) is 29.9. The van der Waals surface area contributed by atoms with E-state index in [1.807, 2.05) is 17.0 Å². The van der Waals surface area contributed by atoms with Crippen molar-refractivity contribution in [1.29, 1.82) is 10.5 Å². The summed E-state index contributed by atoms with van der Waals surface area (Å²) >= 11 is 0. The molecule has 14 heteroatoms. The molecule has 2 saturated heterocycles. The molecule has 2 aliphatic rings. The molecule has 2 fully saturated rings. The summed E-state index contributed by atoms with van der Waals surface area (Å²) in [6, 6.07) is 39.3. The maximum absolute atomic E-state index is 13.5. The van der Waals surface area contributed by atoms with Gasteiger partial charge in [-0.15, -0.1) is 0 Å². The summed E-state index contributed by atoms with van der Waals surface area (Å²) in [4.78, 5) is 19.3. The number of nitro groups is 1. The standard InChI is InChI=1S/C24H20F2N4O2.C24H22F2N4/c25-20-5-1-17(2-6-20)24(18-3-7-21(26)8-4-18)29-13-11-28(12-14-29)23-10-9-22(30(31)32)15-19(23)16-27;25-20-5-1-17(2-6-20)24(18-3-7-21(26)8-4-18)30-13-11-29(12-14-30)23-10-9-22(28)15-19(23)16-27/h1-10,15,24H,11-14H2;1-10,15,24H,11-14,28H2. The average molecular weight is 839 g/mol. The van der Waals surface area contributed by atoms with Crippen molar-refractivity contribution in [3.8, 4) is 12.1 Å². The lowest BCUT2D eigenvalue weighted by Crippen LogP contribution is -2.48. The molecule has 0 amide bonds. The molecule has 2 aliphatic heterocycles. The van der Waals surface area contributed by atoms with Crippen LogP contribution in [0.2, 0.25) is 0 Å². The summed E-state index contributed by atoms with van der Waals surface area (Å²) in [6.45, 7) is 5.44. The Morgan fingerprint density at radius 1 is 0.500 bits per heavy atom. The van der Waals surface area contributed by atoms with Gasteiger partial charge < -0.3 is 15.5 Å². The Kier molecular flexibility index (Phi) is 13.4. The van der Waals surface area contributed by atoms with Crippen LogP contribution in [0, 0.1) is 56.0 Å². The smallest absolute Gasteiger partial charge is 0.270 e. The molecule has 0 atom stereocenters. The Balaban J connectivity index is 0.000000187. The molecule has 62 heavy (non-hydrogen) atoms. The van der Waals surface area contributed by atoms with E-state index in [4.69, 9.17) is 5.73 Å². The lowest BCUT2D eigenvalue weighted by Gasteiger charge is -2.41. The Hall–Kier alpha value is -7.26. The number of hydrogen-bond acceptors (Lipinski definition) is 9. The average Bonchev–Trinajstić information content (AvgIpc) is 3.29. The van der Waals surface area contributed by atoms with Crippen LogP contribution >= 0.6 is 0 Å². The number of non-ortho nitro benzene ring substituents is 1. The Bertz CT molecular complexity index is 2470. The van der Waals surface area contributed by atoms with Gasteiger partial charge in [0.1, 0.15) is 35.4 Å². The van der Waals surface area contributed by atoms with E-state index in [9.17, 15) is 38.2 Å². The van der Waals surface area contributed by atoms with Gasteiger partial charge in [-0.2, -0.15) is 10.5 Å². The maximum atomic E-state index is 13.5. The third-order valence-electron chi connectivity index (χ3n) is 11.2. The van der Waals surface area contributed by atoms with Crippen molar-refractivity contribution in [2.24, 2.45) is 0 Å². The molecule has 314 valence electrons. The van der Waals surface area contributed by atoms with Gasteiger partial charge in [0, 0.05) is 70.2 Å².